The maximum atomic E-state index is 2.38. The van der Waals surface area contributed by atoms with Crippen LogP contribution in [-0.4, -0.2) is 0 Å². The van der Waals surface area contributed by atoms with Crippen LogP contribution < -0.4 is 0 Å². The van der Waals surface area contributed by atoms with Crippen molar-refractivity contribution in [1.29, 1.82) is 0 Å². The van der Waals surface area contributed by atoms with Crippen LogP contribution in [0.15, 0.2) is 152 Å². The van der Waals surface area contributed by atoms with E-state index in [1.54, 1.807) is 0 Å². The van der Waals surface area contributed by atoms with Crippen molar-refractivity contribution in [1.82, 2.24) is 0 Å². The fraction of sp³-hybridized carbons (Fsp3) is 0.0455. The first kappa shape index (κ1) is 25.1. The number of fused-ring (bicyclic) bond motifs is 6. The van der Waals surface area contributed by atoms with E-state index in [0.29, 0.717) is 0 Å². The van der Waals surface area contributed by atoms with Gasteiger partial charge in [-0.25, -0.2) is 0 Å². The Balaban J connectivity index is 1.27. The Morgan fingerprint density at radius 2 is 0.932 bits per heavy atom. The van der Waals surface area contributed by atoms with Gasteiger partial charge in [-0.3, -0.25) is 0 Å². The lowest BCUT2D eigenvalue weighted by molar-refractivity contribution is 0.998. The molecule has 1 aliphatic rings. The molecule has 0 spiro atoms. The summed E-state index contributed by atoms with van der Waals surface area (Å²) in [6, 6.07) is 53.8. The second-order valence-electron chi connectivity index (χ2n) is 11.9. The van der Waals surface area contributed by atoms with Crippen molar-refractivity contribution in [3.63, 3.8) is 0 Å². The monoisotopic (exact) mass is 558 g/mol. The number of aryl methyl sites for hydroxylation is 1. The fourth-order valence-corrected chi connectivity index (χ4v) is 7.56. The molecule has 0 fully saturated rings. The van der Waals surface area contributed by atoms with E-state index < -0.39 is 0 Å². The molecule has 0 saturated carbocycles. The van der Waals surface area contributed by atoms with Gasteiger partial charge in [0, 0.05) is 0 Å². The SMILES string of the molecule is C1=Cc2c(-c3ccc(-c4c5ccccc5c(-c5cccc6ccccc56)c5ccccc45)cc3)cc3ccccc3c2CC1. The zero-order chi connectivity index (χ0) is 29.0. The molecule has 9 rings (SSSR count). The first-order chi connectivity index (χ1) is 21.8. The fourth-order valence-electron chi connectivity index (χ4n) is 7.56. The smallest absolute Gasteiger partial charge is 0.00201 e. The van der Waals surface area contributed by atoms with E-state index in [9.17, 15) is 0 Å². The van der Waals surface area contributed by atoms with Gasteiger partial charge in [-0.15, -0.1) is 0 Å². The summed E-state index contributed by atoms with van der Waals surface area (Å²) in [4.78, 5) is 0. The Labute approximate surface area is 257 Å². The second-order valence-corrected chi connectivity index (χ2v) is 11.9. The quantitative estimate of drug-likeness (QED) is 0.189. The van der Waals surface area contributed by atoms with E-state index in [0.717, 1.165) is 12.8 Å². The molecule has 206 valence electrons. The van der Waals surface area contributed by atoms with Gasteiger partial charge in [-0.05, 0) is 107 Å². The van der Waals surface area contributed by atoms with E-state index >= 15 is 0 Å². The number of allylic oxidation sites excluding steroid dienone is 1. The maximum Gasteiger partial charge on any atom is -0.00201 e. The van der Waals surface area contributed by atoms with Crippen LogP contribution >= 0.6 is 0 Å². The molecule has 8 aromatic rings. The Bertz CT molecular complexity index is 2360. The molecule has 0 saturated heterocycles. The molecular formula is C44H30. The van der Waals surface area contributed by atoms with Crippen molar-refractivity contribution < 1.29 is 0 Å². The van der Waals surface area contributed by atoms with Crippen LogP contribution in [0.4, 0.5) is 0 Å². The zero-order valence-corrected chi connectivity index (χ0v) is 24.4. The van der Waals surface area contributed by atoms with Gasteiger partial charge in [-0.1, -0.05) is 152 Å². The van der Waals surface area contributed by atoms with Crippen LogP contribution in [-0.2, 0) is 6.42 Å². The molecule has 44 heavy (non-hydrogen) atoms. The van der Waals surface area contributed by atoms with Crippen molar-refractivity contribution in [2.75, 3.05) is 0 Å². The average Bonchev–Trinajstić information content (AvgIpc) is 3.10. The van der Waals surface area contributed by atoms with Crippen LogP contribution in [0.3, 0.4) is 0 Å². The van der Waals surface area contributed by atoms with Crippen molar-refractivity contribution in [2.24, 2.45) is 0 Å². The third-order valence-electron chi connectivity index (χ3n) is 9.52. The molecule has 0 amide bonds. The molecule has 0 aliphatic heterocycles. The van der Waals surface area contributed by atoms with Gasteiger partial charge in [0.15, 0.2) is 0 Å². The lowest BCUT2D eigenvalue weighted by Crippen LogP contribution is -1.98. The van der Waals surface area contributed by atoms with Gasteiger partial charge in [0.2, 0.25) is 0 Å². The van der Waals surface area contributed by atoms with Crippen molar-refractivity contribution in [2.45, 2.75) is 12.8 Å². The number of hydrogen-bond acceptors (Lipinski definition) is 0. The van der Waals surface area contributed by atoms with E-state index in [2.05, 4.69) is 158 Å². The second kappa shape index (κ2) is 10.1. The molecule has 0 bridgehead atoms. The first-order valence-corrected chi connectivity index (χ1v) is 15.6. The van der Waals surface area contributed by atoms with E-state index in [4.69, 9.17) is 0 Å². The molecule has 1 aliphatic carbocycles. The lowest BCUT2D eigenvalue weighted by Gasteiger charge is -2.20. The number of hydrogen-bond donors (Lipinski definition) is 0. The Kier molecular flexibility index (Phi) is 5.74. The summed E-state index contributed by atoms with van der Waals surface area (Å²) in [5.74, 6) is 0. The van der Waals surface area contributed by atoms with Crippen LogP contribution in [0.25, 0.3) is 82.5 Å². The summed E-state index contributed by atoms with van der Waals surface area (Å²) < 4.78 is 0. The minimum atomic E-state index is 1.10. The molecule has 0 heterocycles. The van der Waals surface area contributed by atoms with Crippen molar-refractivity contribution in [3.05, 3.63) is 163 Å². The summed E-state index contributed by atoms with van der Waals surface area (Å²) in [6.07, 6.45) is 6.86. The van der Waals surface area contributed by atoms with Crippen molar-refractivity contribution in [3.8, 4) is 33.4 Å². The summed E-state index contributed by atoms with van der Waals surface area (Å²) >= 11 is 0. The standard InChI is InChI=1S/C44H30/c1-3-15-33-29(12-1)14-11-23-37(33)44-40-21-9-7-19-38(40)43(39-20-8-10-22-41(39)44)31-26-24-30(25-27-31)42-28-32-13-2-4-16-34(32)35-17-5-6-18-36(35)42/h1-4,6-16,18-28H,5,17H2. The summed E-state index contributed by atoms with van der Waals surface area (Å²) in [5.41, 5.74) is 10.6. The molecule has 8 aromatic carbocycles. The molecule has 0 N–H and O–H groups in total. The van der Waals surface area contributed by atoms with Gasteiger partial charge in [0.1, 0.15) is 0 Å². The Morgan fingerprint density at radius 3 is 1.64 bits per heavy atom. The van der Waals surface area contributed by atoms with Crippen LogP contribution in [0, 0.1) is 0 Å². The average molecular weight is 559 g/mol. The summed E-state index contributed by atoms with van der Waals surface area (Å²) in [7, 11) is 0. The van der Waals surface area contributed by atoms with Crippen LogP contribution in [0.5, 0.6) is 0 Å². The molecule has 0 radical (unpaired) electrons. The highest BCUT2D eigenvalue weighted by atomic mass is 14.2. The van der Waals surface area contributed by atoms with Gasteiger partial charge in [0.25, 0.3) is 0 Å². The lowest BCUT2D eigenvalue weighted by atomic mass is 9.83. The third kappa shape index (κ3) is 3.85. The van der Waals surface area contributed by atoms with Gasteiger partial charge < -0.3 is 0 Å². The molecule has 0 aromatic heterocycles. The highest BCUT2D eigenvalue weighted by Gasteiger charge is 2.19. The molecule has 0 atom stereocenters. The normalized spacial score (nSPS) is 12.7. The highest BCUT2D eigenvalue weighted by Crippen LogP contribution is 2.45. The topological polar surface area (TPSA) is 0 Å². The predicted molar refractivity (Wildman–Crippen MR) is 190 cm³/mol. The summed E-state index contributed by atoms with van der Waals surface area (Å²) in [5, 5.41) is 10.4. The van der Waals surface area contributed by atoms with Crippen molar-refractivity contribution >= 4 is 49.2 Å². The predicted octanol–water partition coefficient (Wildman–Crippen LogP) is 12.3. The van der Waals surface area contributed by atoms with E-state index in [-0.39, 0.29) is 0 Å². The molecular weight excluding hydrogens is 528 g/mol. The molecule has 0 unspecified atom stereocenters. The maximum absolute atomic E-state index is 2.38. The van der Waals surface area contributed by atoms with E-state index in [1.165, 1.54) is 87.6 Å². The Hall–Kier alpha value is -5.46. The Morgan fingerprint density at radius 1 is 0.386 bits per heavy atom. The number of rotatable bonds is 3. The minimum Gasteiger partial charge on any atom is -0.0836 e. The molecule has 0 heteroatoms. The molecule has 0 nitrogen and oxygen atoms in total. The highest BCUT2D eigenvalue weighted by molar-refractivity contribution is 6.23. The van der Waals surface area contributed by atoms with Gasteiger partial charge >= 0.3 is 0 Å². The van der Waals surface area contributed by atoms with Crippen LogP contribution in [0.1, 0.15) is 17.5 Å². The zero-order valence-electron chi connectivity index (χ0n) is 24.4. The number of benzene rings is 8. The first-order valence-electron chi connectivity index (χ1n) is 15.6. The van der Waals surface area contributed by atoms with Crippen LogP contribution in [0.2, 0.25) is 0 Å². The summed E-state index contributed by atoms with van der Waals surface area (Å²) in [6.45, 7) is 0. The third-order valence-corrected chi connectivity index (χ3v) is 9.52. The van der Waals surface area contributed by atoms with Gasteiger partial charge in [0.05, 0.1) is 0 Å². The van der Waals surface area contributed by atoms with Gasteiger partial charge in [-0.2, -0.15) is 0 Å². The minimum absolute atomic E-state index is 1.10. The largest absolute Gasteiger partial charge is 0.0836 e. The van der Waals surface area contributed by atoms with E-state index in [1.807, 2.05) is 0 Å².